The molecule has 1 heterocycles. The van der Waals surface area contributed by atoms with Gasteiger partial charge in [0.25, 0.3) is 0 Å². The molecule has 0 N–H and O–H groups in total. The Bertz CT molecular complexity index is 1010. The third-order valence-corrected chi connectivity index (χ3v) is 6.81. The fourth-order valence-corrected chi connectivity index (χ4v) is 4.06. The zero-order chi connectivity index (χ0) is 25.5. The minimum atomic E-state index is -3.19. The van der Waals surface area contributed by atoms with E-state index in [9.17, 15) is 23.7 Å². The van der Waals surface area contributed by atoms with Crippen molar-refractivity contribution in [2.45, 2.75) is 58.8 Å². The van der Waals surface area contributed by atoms with E-state index in [0.29, 0.717) is 12.2 Å². The molecule has 2 rings (SSSR count). The summed E-state index contributed by atoms with van der Waals surface area (Å²) in [4.78, 5) is 22.6. The van der Waals surface area contributed by atoms with E-state index in [1.807, 2.05) is 0 Å². The second-order valence-electron chi connectivity index (χ2n) is 8.61. The number of nitrogens with zero attached hydrogens (tertiary/aromatic N) is 3. The van der Waals surface area contributed by atoms with Crippen molar-refractivity contribution >= 4 is 31.3 Å². The number of esters is 1. The molecule has 34 heavy (non-hydrogen) atoms. The molecule has 0 radical (unpaired) electrons. The Morgan fingerprint density at radius 1 is 1.32 bits per heavy atom. The Kier molecular flexibility index (Phi) is 9.95. The van der Waals surface area contributed by atoms with Crippen molar-refractivity contribution in [3.05, 3.63) is 39.0 Å². The molecule has 0 aliphatic rings. The highest BCUT2D eigenvalue weighted by atomic mass is 35.5. The van der Waals surface area contributed by atoms with Crippen LogP contribution in [0.4, 0.5) is 14.5 Å². The van der Waals surface area contributed by atoms with Crippen LogP contribution >= 0.6 is 11.6 Å². The number of rotatable bonds is 13. The highest BCUT2D eigenvalue weighted by Gasteiger charge is 2.27. The summed E-state index contributed by atoms with van der Waals surface area (Å²) in [7, 11) is -1.36. The van der Waals surface area contributed by atoms with Crippen LogP contribution in [0.3, 0.4) is 0 Å². The fourth-order valence-electron chi connectivity index (χ4n) is 3.05. The molecule has 0 saturated carbocycles. The lowest BCUT2D eigenvalue weighted by molar-refractivity contribution is -0.384. The van der Waals surface area contributed by atoms with Crippen LogP contribution in [0.5, 0.6) is 5.75 Å². The molecule has 0 unspecified atom stereocenters. The number of aromatic nitrogens is 2. The molecular formula is C21H28ClF2N3O6Si. The van der Waals surface area contributed by atoms with Crippen molar-refractivity contribution in [1.29, 1.82) is 0 Å². The smallest absolute Gasteiger partial charge is 0.387 e. The number of carbonyl (C=O) groups excluding carboxylic acids is 1. The monoisotopic (exact) mass is 519 g/mol. The molecular weight excluding hydrogens is 492 g/mol. The maximum absolute atomic E-state index is 13.2. The summed E-state index contributed by atoms with van der Waals surface area (Å²) in [5.41, 5.74) is -0.173. The largest absolute Gasteiger partial charge is 0.466 e. The van der Waals surface area contributed by atoms with Crippen LogP contribution in [-0.4, -0.2) is 48.6 Å². The Morgan fingerprint density at radius 2 is 2.03 bits per heavy atom. The Morgan fingerprint density at radius 3 is 2.62 bits per heavy atom. The van der Waals surface area contributed by atoms with Gasteiger partial charge < -0.3 is 14.2 Å². The van der Waals surface area contributed by atoms with Gasteiger partial charge in [0, 0.05) is 26.1 Å². The number of carbonyl (C=O) groups is 1. The maximum atomic E-state index is 13.2. The Hall–Kier alpha value is -2.57. The fraction of sp³-hybridized carbons (Fsp3) is 0.524. The summed E-state index contributed by atoms with van der Waals surface area (Å²) >= 11 is 6.36. The second-order valence-corrected chi connectivity index (χ2v) is 14.6. The molecule has 13 heteroatoms. The van der Waals surface area contributed by atoms with Crippen LogP contribution in [0.25, 0.3) is 11.3 Å². The van der Waals surface area contributed by atoms with Crippen molar-refractivity contribution in [3.8, 4) is 17.0 Å². The molecule has 2 aromatic rings. The standard InChI is InChI=1S/C21H28ClF2N3O6Si/c1-5-32-19(28)7-6-14-10-18(33-21(23)24)15(11-16(14)22)20-17(27(29)30)12-25-26(20)13-31-8-9-34(2,3)4/h10-12,21H,5-9,13H2,1-4H3. The summed E-state index contributed by atoms with van der Waals surface area (Å²) in [5.74, 6) is -0.798. The molecule has 0 saturated heterocycles. The van der Waals surface area contributed by atoms with Crippen molar-refractivity contribution < 1.29 is 32.7 Å². The first-order chi connectivity index (χ1) is 15.9. The van der Waals surface area contributed by atoms with Crippen molar-refractivity contribution in [2.24, 2.45) is 0 Å². The zero-order valence-electron chi connectivity index (χ0n) is 19.5. The molecule has 0 aliphatic heterocycles. The number of halogens is 3. The first-order valence-electron chi connectivity index (χ1n) is 10.6. The molecule has 0 spiro atoms. The van der Waals surface area contributed by atoms with Gasteiger partial charge >= 0.3 is 18.3 Å². The van der Waals surface area contributed by atoms with Gasteiger partial charge in [0.1, 0.15) is 18.7 Å². The molecule has 9 nitrogen and oxygen atoms in total. The molecule has 0 aliphatic carbocycles. The van der Waals surface area contributed by atoms with E-state index in [2.05, 4.69) is 29.5 Å². The molecule has 0 bridgehead atoms. The second kappa shape index (κ2) is 12.2. The van der Waals surface area contributed by atoms with Crippen LogP contribution in [0, 0.1) is 10.1 Å². The van der Waals surface area contributed by atoms with E-state index in [0.717, 1.165) is 12.2 Å². The normalized spacial score (nSPS) is 11.6. The van der Waals surface area contributed by atoms with Gasteiger partial charge in [-0.15, -0.1) is 0 Å². The number of nitro groups is 1. The highest BCUT2D eigenvalue weighted by molar-refractivity contribution is 6.76. The van der Waals surface area contributed by atoms with Gasteiger partial charge in [0.05, 0.1) is 17.1 Å². The van der Waals surface area contributed by atoms with Crippen LogP contribution in [0.15, 0.2) is 18.3 Å². The van der Waals surface area contributed by atoms with Crippen LogP contribution in [-0.2, 0) is 27.4 Å². The van der Waals surface area contributed by atoms with E-state index in [1.165, 1.54) is 16.8 Å². The number of benzene rings is 1. The first-order valence-corrected chi connectivity index (χ1v) is 14.7. The Balaban J connectivity index is 2.44. The number of aryl methyl sites for hydroxylation is 1. The molecule has 0 fully saturated rings. The summed E-state index contributed by atoms with van der Waals surface area (Å²) in [5, 5.41) is 15.8. The van der Waals surface area contributed by atoms with Crippen molar-refractivity contribution in [2.75, 3.05) is 13.2 Å². The minimum absolute atomic E-state index is 0.0238. The van der Waals surface area contributed by atoms with Gasteiger partial charge in [-0.05, 0) is 37.1 Å². The summed E-state index contributed by atoms with van der Waals surface area (Å²) in [6.45, 7) is 5.53. The van der Waals surface area contributed by atoms with E-state index < -0.39 is 31.3 Å². The van der Waals surface area contributed by atoms with Crippen molar-refractivity contribution in [1.82, 2.24) is 9.78 Å². The lowest BCUT2D eigenvalue weighted by atomic mass is 10.0. The molecule has 1 aromatic heterocycles. The van der Waals surface area contributed by atoms with Gasteiger partial charge in [0.15, 0.2) is 5.69 Å². The van der Waals surface area contributed by atoms with Gasteiger partial charge in [-0.2, -0.15) is 13.9 Å². The molecule has 0 amide bonds. The van der Waals surface area contributed by atoms with E-state index in [4.69, 9.17) is 21.1 Å². The van der Waals surface area contributed by atoms with Crippen molar-refractivity contribution in [3.63, 3.8) is 0 Å². The van der Waals surface area contributed by atoms with E-state index in [1.54, 1.807) is 6.92 Å². The third-order valence-electron chi connectivity index (χ3n) is 4.75. The number of hydrogen-bond donors (Lipinski definition) is 0. The van der Waals surface area contributed by atoms with Gasteiger partial charge in [-0.25, -0.2) is 4.68 Å². The van der Waals surface area contributed by atoms with E-state index >= 15 is 0 Å². The number of ether oxygens (including phenoxy) is 3. The molecule has 1 aromatic carbocycles. The quantitative estimate of drug-likeness (QED) is 0.113. The topological polar surface area (TPSA) is 106 Å². The first kappa shape index (κ1) is 27.7. The molecule has 188 valence electrons. The average molecular weight is 520 g/mol. The van der Waals surface area contributed by atoms with Crippen LogP contribution in [0.2, 0.25) is 30.7 Å². The average Bonchev–Trinajstić information content (AvgIpc) is 3.14. The summed E-state index contributed by atoms with van der Waals surface area (Å²) in [6, 6.07) is 3.41. The minimum Gasteiger partial charge on any atom is -0.466 e. The predicted molar refractivity (Wildman–Crippen MR) is 125 cm³/mol. The maximum Gasteiger partial charge on any atom is 0.387 e. The lowest BCUT2D eigenvalue weighted by Gasteiger charge is -2.17. The van der Waals surface area contributed by atoms with Crippen LogP contribution < -0.4 is 4.74 Å². The molecule has 0 atom stereocenters. The van der Waals surface area contributed by atoms with Gasteiger partial charge in [0.2, 0.25) is 0 Å². The van der Waals surface area contributed by atoms with Gasteiger partial charge in [-0.1, -0.05) is 31.2 Å². The predicted octanol–water partition coefficient (Wildman–Crippen LogP) is 5.52. The number of hydrogen-bond acceptors (Lipinski definition) is 7. The zero-order valence-corrected chi connectivity index (χ0v) is 21.2. The summed E-state index contributed by atoms with van der Waals surface area (Å²) in [6.07, 6.45) is 1.11. The van der Waals surface area contributed by atoms with E-state index in [-0.39, 0.29) is 48.2 Å². The lowest BCUT2D eigenvalue weighted by Crippen LogP contribution is -2.22. The number of alkyl halides is 2. The Labute approximate surface area is 202 Å². The van der Waals surface area contributed by atoms with Gasteiger partial charge in [-0.3, -0.25) is 14.9 Å². The SMILES string of the molecule is CCOC(=O)CCc1cc(OC(F)F)c(-c2c([N+](=O)[O-])cnn2COCC[Si](C)(C)C)cc1Cl. The van der Waals surface area contributed by atoms with Crippen LogP contribution in [0.1, 0.15) is 18.9 Å². The third kappa shape index (κ3) is 8.03. The summed E-state index contributed by atoms with van der Waals surface area (Å²) < 4.78 is 42.8. The highest BCUT2D eigenvalue weighted by Crippen LogP contribution is 2.40.